The number of aromatic nitrogens is 2. The quantitative estimate of drug-likeness (QED) is 0.827. The molecule has 0 saturated carbocycles. The molecule has 1 aromatic carbocycles. The third-order valence-corrected chi connectivity index (χ3v) is 3.18. The number of nitrogens with zero attached hydrogens (tertiary/aromatic N) is 2. The van der Waals surface area contributed by atoms with Gasteiger partial charge in [0.25, 0.3) is 0 Å². The number of imidazole rings is 1. The molecule has 0 amide bonds. The SMILES string of the molecule is CNc1nc(C)cn1-c1ccccc1SC. The molecule has 0 saturated heterocycles. The summed E-state index contributed by atoms with van der Waals surface area (Å²) in [6.45, 7) is 2.00. The molecule has 0 atom stereocenters. The Balaban J connectivity index is 2.57. The largest absolute Gasteiger partial charge is 0.358 e. The van der Waals surface area contributed by atoms with Gasteiger partial charge in [-0.1, -0.05) is 12.1 Å². The van der Waals surface area contributed by atoms with Gasteiger partial charge in [-0.2, -0.15) is 0 Å². The fraction of sp³-hybridized carbons (Fsp3) is 0.250. The van der Waals surface area contributed by atoms with E-state index < -0.39 is 0 Å². The molecule has 0 spiro atoms. The molecule has 0 unspecified atom stereocenters. The van der Waals surface area contributed by atoms with Crippen LogP contribution in [0.2, 0.25) is 0 Å². The van der Waals surface area contributed by atoms with Gasteiger partial charge in [0.2, 0.25) is 5.95 Å². The van der Waals surface area contributed by atoms with Crippen LogP contribution in [0.25, 0.3) is 5.69 Å². The Morgan fingerprint density at radius 3 is 2.75 bits per heavy atom. The highest BCUT2D eigenvalue weighted by atomic mass is 32.2. The number of thioether (sulfide) groups is 1. The van der Waals surface area contributed by atoms with Crippen molar-refractivity contribution in [1.29, 1.82) is 0 Å². The zero-order chi connectivity index (χ0) is 11.5. The Labute approximate surface area is 99.9 Å². The average molecular weight is 233 g/mol. The number of rotatable bonds is 3. The number of para-hydroxylation sites is 1. The molecular formula is C12H15N3S. The normalized spacial score (nSPS) is 10.4. The molecule has 1 heterocycles. The van der Waals surface area contributed by atoms with E-state index in [9.17, 15) is 0 Å². The Morgan fingerprint density at radius 1 is 1.31 bits per heavy atom. The van der Waals surface area contributed by atoms with Crippen LogP contribution in [0.4, 0.5) is 5.95 Å². The third-order valence-electron chi connectivity index (χ3n) is 2.39. The molecule has 0 radical (unpaired) electrons. The second-order valence-electron chi connectivity index (χ2n) is 3.50. The number of hydrogen-bond acceptors (Lipinski definition) is 3. The Kier molecular flexibility index (Phi) is 3.19. The molecule has 0 fully saturated rings. The van der Waals surface area contributed by atoms with Gasteiger partial charge in [-0.25, -0.2) is 4.98 Å². The summed E-state index contributed by atoms with van der Waals surface area (Å²) in [5.41, 5.74) is 2.18. The monoisotopic (exact) mass is 233 g/mol. The number of benzene rings is 1. The molecule has 16 heavy (non-hydrogen) atoms. The number of hydrogen-bond donors (Lipinski definition) is 1. The average Bonchev–Trinajstić information content (AvgIpc) is 2.70. The maximum absolute atomic E-state index is 4.42. The molecule has 2 rings (SSSR count). The second kappa shape index (κ2) is 4.61. The van der Waals surface area contributed by atoms with E-state index in [1.54, 1.807) is 11.8 Å². The van der Waals surface area contributed by atoms with Crippen LogP contribution in [-0.2, 0) is 0 Å². The van der Waals surface area contributed by atoms with Gasteiger partial charge in [0.05, 0.1) is 11.4 Å². The maximum Gasteiger partial charge on any atom is 0.207 e. The Hall–Kier alpha value is -1.42. The summed E-state index contributed by atoms with van der Waals surface area (Å²) < 4.78 is 2.08. The van der Waals surface area contributed by atoms with E-state index in [4.69, 9.17) is 0 Å². The maximum atomic E-state index is 4.42. The van der Waals surface area contributed by atoms with Gasteiger partial charge in [-0.15, -0.1) is 11.8 Å². The zero-order valence-electron chi connectivity index (χ0n) is 9.69. The van der Waals surface area contributed by atoms with Gasteiger partial charge in [-0.05, 0) is 25.3 Å². The summed E-state index contributed by atoms with van der Waals surface area (Å²) in [4.78, 5) is 5.67. The van der Waals surface area contributed by atoms with Crippen LogP contribution in [0.3, 0.4) is 0 Å². The molecule has 0 bridgehead atoms. The first kappa shape index (κ1) is 11.1. The van der Waals surface area contributed by atoms with E-state index in [0.717, 1.165) is 11.6 Å². The highest BCUT2D eigenvalue weighted by Crippen LogP contribution is 2.26. The zero-order valence-corrected chi connectivity index (χ0v) is 10.5. The van der Waals surface area contributed by atoms with Gasteiger partial charge < -0.3 is 5.32 Å². The lowest BCUT2D eigenvalue weighted by Gasteiger charge is -2.10. The molecule has 1 aromatic heterocycles. The summed E-state index contributed by atoms with van der Waals surface area (Å²) in [5, 5.41) is 3.11. The highest BCUT2D eigenvalue weighted by molar-refractivity contribution is 7.98. The molecular weight excluding hydrogens is 218 g/mol. The summed E-state index contributed by atoms with van der Waals surface area (Å²) in [7, 11) is 1.89. The minimum Gasteiger partial charge on any atom is -0.358 e. The smallest absolute Gasteiger partial charge is 0.207 e. The van der Waals surface area contributed by atoms with Crippen molar-refractivity contribution < 1.29 is 0 Å². The van der Waals surface area contributed by atoms with Crippen molar-refractivity contribution in [3.63, 3.8) is 0 Å². The molecule has 84 valence electrons. The van der Waals surface area contributed by atoms with Gasteiger partial charge in [-0.3, -0.25) is 4.57 Å². The van der Waals surface area contributed by atoms with Crippen LogP contribution in [0.15, 0.2) is 35.4 Å². The molecule has 0 aliphatic rings. The van der Waals surface area contributed by atoms with Crippen molar-refractivity contribution >= 4 is 17.7 Å². The van der Waals surface area contributed by atoms with Crippen molar-refractivity contribution in [2.75, 3.05) is 18.6 Å². The lowest BCUT2D eigenvalue weighted by Crippen LogP contribution is -2.01. The molecule has 0 aliphatic carbocycles. The van der Waals surface area contributed by atoms with Crippen LogP contribution in [-0.4, -0.2) is 22.9 Å². The number of nitrogens with one attached hydrogen (secondary N) is 1. The van der Waals surface area contributed by atoms with Crippen molar-refractivity contribution in [2.24, 2.45) is 0 Å². The lowest BCUT2D eigenvalue weighted by atomic mass is 10.3. The molecule has 4 heteroatoms. The van der Waals surface area contributed by atoms with Crippen LogP contribution >= 0.6 is 11.8 Å². The Bertz CT molecular complexity index is 491. The van der Waals surface area contributed by atoms with Gasteiger partial charge in [0.1, 0.15) is 0 Å². The summed E-state index contributed by atoms with van der Waals surface area (Å²) in [6.07, 6.45) is 4.13. The van der Waals surface area contributed by atoms with Crippen molar-refractivity contribution in [3.8, 4) is 5.69 Å². The van der Waals surface area contributed by atoms with E-state index in [0.29, 0.717) is 0 Å². The summed E-state index contributed by atoms with van der Waals surface area (Å²) in [5.74, 6) is 0.874. The first-order valence-electron chi connectivity index (χ1n) is 5.13. The van der Waals surface area contributed by atoms with E-state index >= 15 is 0 Å². The fourth-order valence-corrected chi connectivity index (χ4v) is 2.28. The van der Waals surface area contributed by atoms with E-state index in [1.807, 2.05) is 26.2 Å². The Morgan fingerprint density at radius 2 is 2.06 bits per heavy atom. The number of aryl methyl sites for hydroxylation is 1. The third kappa shape index (κ3) is 1.93. The fourth-order valence-electron chi connectivity index (χ4n) is 1.69. The first-order chi connectivity index (χ1) is 7.76. The van der Waals surface area contributed by atoms with Crippen molar-refractivity contribution in [1.82, 2.24) is 9.55 Å². The van der Waals surface area contributed by atoms with Crippen LogP contribution in [0, 0.1) is 6.92 Å². The standard InChI is InChI=1S/C12H15N3S/c1-9-8-15(12(13-2)14-9)10-6-4-5-7-11(10)16-3/h4-8H,1-3H3,(H,13,14). The van der Waals surface area contributed by atoms with Gasteiger partial charge in [0.15, 0.2) is 0 Å². The van der Waals surface area contributed by atoms with Crippen LogP contribution in [0.5, 0.6) is 0 Å². The molecule has 2 aromatic rings. The number of anilines is 1. The minimum absolute atomic E-state index is 0.874. The topological polar surface area (TPSA) is 29.9 Å². The molecule has 3 nitrogen and oxygen atoms in total. The summed E-state index contributed by atoms with van der Waals surface area (Å²) in [6, 6.07) is 8.32. The highest BCUT2D eigenvalue weighted by Gasteiger charge is 2.08. The van der Waals surface area contributed by atoms with Gasteiger partial charge >= 0.3 is 0 Å². The van der Waals surface area contributed by atoms with E-state index in [2.05, 4.69) is 39.3 Å². The van der Waals surface area contributed by atoms with Crippen LogP contribution < -0.4 is 5.32 Å². The van der Waals surface area contributed by atoms with E-state index in [-0.39, 0.29) is 0 Å². The van der Waals surface area contributed by atoms with Gasteiger partial charge in [0, 0.05) is 18.1 Å². The van der Waals surface area contributed by atoms with Crippen molar-refractivity contribution in [2.45, 2.75) is 11.8 Å². The van der Waals surface area contributed by atoms with E-state index in [1.165, 1.54) is 10.6 Å². The summed E-state index contributed by atoms with van der Waals surface area (Å²) >= 11 is 1.74. The lowest BCUT2D eigenvalue weighted by molar-refractivity contribution is 1.02. The molecule has 1 N–H and O–H groups in total. The first-order valence-corrected chi connectivity index (χ1v) is 6.36. The minimum atomic E-state index is 0.874. The molecule has 0 aliphatic heterocycles. The second-order valence-corrected chi connectivity index (χ2v) is 4.35. The van der Waals surface area contributed by atoms with Crippen LogP contribution in [0.1, 0.15) is 5.69 Å². The predicted molar refractivity (Wildman–Crippen MR) is 69.6 cm³/mol. The predicted octanol–water partition coefficient (Wildman–Crippen LogP) is 2.94. The van der Waals surface area contributed by atoms with Crippen molar-refractivity contribution in [3.05, 3.63) is 36.2 Å².